The van der Waals surface area contributed by atoms with E-state index in [0.29, 0.717) is 5.65 Å². The molecule has 0 aliphatic carbocycles. The average Bonchev–Trinajstić information content (AvgIpc) is 2.54. The van der Waals surface area contributed by atoms with E-state index in [9.17, 15) is 13.2 Å². The largest absolute Gasteiger partial charge is 0.334 e. The number of pyridine rings is 2. The van der Waals surface area contributed by atoms with Crippen molar-refractivity contribution in [3.63, 3.8) is 0 Å². The summed E-state index contributed by atoms with van der Waals surface area (Å²) in [7, 11) is -3.96. The number of carbonyl (C=O) groups excluding carboxylic acids is 1. The van der Waals surface area contributed by atoms with Crippen LogP contribution in [0.15, 0.2) is 47.4 Å². The lowest BCUT2D eigenvalue weighted by molar-refractivity contribution is 0.256. The number of hydrogen-bond donors (Lipinski definition) is 2. The van der Waals surface area contributed by atoms with Gasteiger partial charge in [-0.25, -0.2) is 27.9 Å². The molecule has 0 aliphatic heterocycles. The number of aromatic nitrogens is 2. The van der Waals surface area contributed by atoms with Gasteiger partial charge in [-0.15, -0.1) is 0 Å². The zero-order chi connectivity index (χ0) is 18.9. The molecule has 2 aromatic heterocycles. The van der Waals surface area contributed by atoms with Crippen LogP contribution in [0.4, 0.5) is 10.6 Å². The van der Waals surface area contributed by atoms with Gasteiger partial charge >= 0.3 is 6.03 Å². The van der Waals surface area contributed by atoms with E-state index in [1.807, 2.05) is 31.6 Å². The van der Waals surface area contributed by atoms with Gasteiger partial charge in [-0.2, -0.15) is 0 Å². The van der Waals surface area contributed by atoms with E-state index in [2.05, 4.69) is 15.3 Å². The Balaban J connectivity index is 1.79. The molecule has 7 nitrogen and oxygen atoms in total. The molecular weight excluding hydrogens is 352 g/mol. The van der Waals surface area contributed by atoms with Crippen LogP contribution in [-0.2, 0) is 10.0 Å². The summed E-state index contributed by atoms with van der Waals surface area (Å²) < 4.78 is 26.5. The number of rotatable bonds is 3. The number of nitrogens with one attached hydrogen (secondary N) is 2. The normalized spacial score (nSPS) is 11.3. The Morgan fingerprint density at radius 2 is 1.65 bits per heavy atom. The van der Waals surface area contributed by atoms with Crippen molar-refractivity contribution in [1.82, 2.24) is 14.7 Å². The maximum absolute atomic E-state index is 12.2. The second kappa shape index (κ2) is 6.72. The summed E-state index contributed by atoms with van der Waals surface area (Å²) >= 11 is 0. The van der Waals surface area contributed by atoms with Gasteiger partial charge in [0.05, 0.1) is 4.90 Å². The first kappa shape index (κ1) is 17.8. The van der Waals surface area contributed by atoms with Crippen molar-refractivity contribution in [2.24, 2.45) is 0 Å². The second-order valence-corrected chi connectivity index (χ2v) is 7.70. The van der Waals surface area contributed by atoms with Crippen molar-refractivity contribution in [3.05, 3.63) is 59.3 Å². The summed E-state index contributed by atoms with van der Waals surface area (Å²) in [5, 5.41) is 3.30. The Hall–Kier alpha value is -3.00. The predicted molar refractivity (Wildman–Crippen MR) is 99.5 cm³/mol. The average molecular weight is 370 g/mol. The molecular formula is C18H18N4O3S. The molecule has 0 bridgehead atoms. The molecule has 0 saturated carbocycles. The molecule has 0 radical (unpaired) electrons. The van der Waals surface area contributed by atoms with Crippen LogP contribution >= 0.6 is 0 Å². The van der Waals surface area contributed by atoms with Gasteiger partial charge < -0.3 is 0 Å². The monoisotopic (exact) mass is 370 g/mol. The van der Waals surface area contributed by atoms with Gasteiger partial charge in [-0.05, 0) is 56.7 Å². The second-order valence-electron chi connectivity index (χ2n) is 6.02. The Kier molecular flexibility index (Phi) is 4.60. The lowest BCUT2D eigenvalue weighted by Gasteiger charge is -2.09. The first-order chi connectivity index (χ1) is 12.2. The van der Waals surface area contributed by atoms with Crippen LogP contribution in [-0.4, -0.2) is 24.4 Å². The highest BCUT2D eigenvalue weighted by Gasteiger charge is 2.18. The number of urea groups is 1. The fourth-order valence-electron chi connectivity index (χ4n) is 2.54. The molecule has 3 aromatic rings. The molecule has 8 heteroatoms. The molecule has 2 N–H and O–H groups in total. The van der Waals surface area contributed by atoms with Crippen molar-refractivity contribution >= 4 is 32.9 Å². The third-order valence-electron chi connectivity index (χ3n) is 3.81. The highest BCUT2D eigenvalue weighted by molar-refractivity contribution is 7.90. The maximum atomic E-state index is 12.2. The standard InChI is InChI=1S/C18H18N4O3S/c1-11-4-6-14(7-5-11)26(24,25)22-18(23)21-16-9-8-15-12(2)10-13(3)19-17(15)20-16/h4-10H,1-3H3,(H2,19,20,21,22,23). The molecule has 3 rings (SSSR count). The molecule has 0 saturated heterocycles. The molecule has 0 atom stereocenters. The van der Waals surface area contributed by atoms with Gasteiger partial charge in [0, 0.05) is 11.1 Å². The van der Waals surface area contributed by atoms with E-state index in [1.54, 1.807) is 24.3 Å². The topological polar surface area (TPSA) is 101 Å². The van der Waals surface area contributed by atoms with Crippen molar-refractivity contribution < 1.29 is 13.2 Å². The summed E-state index contributed by atoms with van der Waals surface area (Å²) in [6.45, 7) is 5.65. The van der Waals surface area contributed by atoms with Crippen LogP contribution in [0.5, 0.6) is 0 Å². The number of sulfonamides is 1. The van der Waals surface area contributed by atoms with Gasteiger partial charge in [0.15, 0.2) is 5.65 Å². The number of anilines is 1. The van der Waals surface area contributed by atoms with Gasteiger partial charge in [-0.1, -0.05) is 17.7 Å². The first-order valence-corrected chi connectivity index (χ1v) is 9.38. The van der Waals surface area contributed by atoms with Crippen LogP contribution in [0.25, 0.3) is 11.0 Å². The molecule has 2 amide bonds. The van der Waals surface area contributed by atoms with Crippen LogP contribution in [0, 0.1) is 20.8 Å². The van der Waals surface area contributed by atoms with Gasteiger partial charge in [0.25, 0.3) is 10.0 Å². The fraction of sp³-hybridized carbons (Fsp3) is 0.167. The number of carbonyl (C=O) groups is 1. The lowest BCUT2D eigenvalue weighted by atomic mass is 10.1. The summed E-state index contributed by atoms with van der Waals surface area (Å²) in [5.41, 5.74) is 3.25. The molecule has 0 unspecified atom stereocenters. The maximum Gasteiger partial charge on any atom is 0.334 e. The van der Waals surface area contributed by atoms with Gasteiger partial charge in [0.1, 0.15) is 5.82 Å². The van der Waals surface area contributed by atoms with E-state index < -0.39 is 16.1 Å². The van der Waals surface area contributed by atoms with E-state index >= 15 is 0 Å². The van der Waals surface area contributed by atoms with Crippen molar-refractivity contribution in [2.45, 2.75) is 25.7 Å². The number of fused-ring (bicyclic) bond motifs is 1. The van der Waals surface area contributed by atoms with Crippen LogP contribution < -0.4 is 10.0 Å². The van der Waals surface area contributed by atoms with E-state index in [1.165, 1.54) is 12.1 Å². The Bertz CT molecular complexity index is 1090. The third kappa shape index (κ3) is 3.80. The van der Waals surface area contributed by atoms with Crippen molar-refractivity contribution in [1.29, 1.82) is 0 Å². The Morgan fingerprint density at radius 1 is 0.962 bits per heavy atom. The minimum Gasteiger partial charge on any atom is -0.291 e. The smallest absolute Gasteiger partial charge is 0.291 e. The van der Waals surface area contributed by atoms with Crippen molar-refractivity contribution in [3.8, 4) is 0 Å². The summed E-state index contributed by atoms with van der Waals surface area (Å²) in [6, 6.07) is 10.6. The van der Waals surface area contributed by atoms with Gasteiger partial charge in [0.2, 0.25) is 0 Å². The van der Waals surface area contributed by atoms with Crippen LogP contribution in [0.1, 0.15) is 16.8 Å². The number of nitrogens with zero attached hydrogens (tertiary/aromatic N) is 2. The molecule has 2 heterocycles. The van der Waals surface area contributed by atoms with Crippen LogP contribution in [0.2, 0.25) is 0 Å². The van der Waals surface area contributed by atoms with E-state index in [0.717, 1.165) is 22.2 Å². The SMILES string of the molecule is Cc1ccc(S(=O)(=O)NC(=O)Nc2ccc3c(C)cc(C)nc3n2)cc1. The van der Waals surface area contributed by atoms with E-state index in [-0.39, 0.29) is 10.7 Å². The molecule has 0 fully saturated rings. The van der Waals surface area contributed by atoms with Gasteiger partial charge in [-0.3, -0.25) is 5.32 Å². The predicted octanol–water partition coefficient (Wildman–Crippen LogP) is 3.07. The Morgan fingerprint density at radius 3 is 2.35 bits per heavy atom. The zero-order valence-corrected chi connectivity index (χ0v) is 15.4. The third-order valence-corrected chi connectivity index (χ3v) is 5.15. The Labute approximate surface area is 151 Å². The molecule has 1 aromatic carbocycles. The van der Waals surface area contributed by atoms with E-state index in [4.69, 9.17) is 0 Å². The molecule has 26 heavy (non-hydrogen) atoms. The highest BCUT2D eigenvalue weighted by atomic mass is 32.2. The summed E-state index contributed by atoms with van der Waals surface area (Å²) in [4.78, 5) is 20.7. The lowest BCUT2D eigenvalue weighted by Crippen LogP contribution is -2.34. The minimum absolute atomic E-state index is 0.0117. The summed E-state index contributed by atoms with van der Waals surface area (Å²) in [6.07, 6.45) is 0. The minimum atomic E-state index is -3.96. The fourth-order valence-corrected chi connectivity index (χ4v) is 3.45. The number of amides is 2. The number of aryl methyl sites for hydroxylation is 3. The number of hydrogen-bond acceptors (Lipinski definition) is 5. The highest BCUT2D eigenvalue weighted by Crippen LogP contribution is 2.18. The number of benzene rings is 1. The first-order valence-electron chi connectivity index (χ1n) is 7.90. The molecule has 134 valence electrons. The zero-order valence-electron chi connectivity index (χ0n) is 14.6. The van der Waals surface area contributed by atoms with Crippen molar-refractivity contribution in [2.75, 3.05) is 5.32 Å². The van der Waals surface area contributed by atoms with Crippen LogP contribution in [0.3, 0.4) is 0 Å². The molecule has 0 aliphatic rings. The summed E-state index contributed by atoms with van der Waals surface area (Å²) in [5.74, 6) is 0.214. The quantitative estimate of drug-likeness (QED) is 0.738. The molecule has 0 spiro atoms.